The highest BCUT2D eigenvalue weighted by atomic mass is 32.2. The van der Waals surface area contributed by atoms with Gasteiger partial charge in [-0.1, -0.05) is 12.1 Å². The second-order valence-corrected chi connectivity index (χ2v) is 11.0. The number of hydrogen-bond acceptors (Lipinski definition) is 6. The number of aromatic nitrogens is 2. The van der Waals surface area contributed by atoms with Gasteiger partial charge in [0.1, 0.15) is 5.82 Å². The molecule has 3 aromatic rings. The van der Waals surface area contributed by atoms with Crippen LogP contribution in [0.4, 0.5) is 5.69 Å². The highest BCUT2D eigenvalue weighted by Crippen LogP contribution is 2.23. The zero-order valence-corrected chi connectivity index (χ0v) is 21.3. The third-order valence-corrected chi connectivity index (χ3v) is 8.11. The predicted octanol–water partition coefficient (Wildman–Crippen LogP) is 2.27. The van der Waals surface area contributed by atoms with Crippen molar-refractivity contribution in [1.82, 2.24) is 18.8 Å². The number of nitrogens with zero attached hydrogens (tertiary/aromatic N) is 4. The zero-order valence-electron chi connectivity index (χ0n) is 20.5. The van der Waals surface area contributed by atoms with Crippen LogP contribution in [-0.4, -0.2) is 80.0 Å². The SMILES string of the molecule is CN(C)CCc1ccc(NC(=O)CCc2nc3cc(S(=O)(=O)N4CCOCC4)ccc3n2C)cc1. The van der Waals surface area contributed by atoms with E-state index in [1.165, 1.54) is 9.87 Å². The van der Waals surface area contributed by atoms with Crippen molar-refractivity contribution in [3.8, 4) is 0 Å². The summed E-state index contributed by atoms with van der Waals surface area (Å²) in [5.74, 6) is 0.642. The number of sulfonamides is 1. The summed E-state index contributed by atoms with van der Waals surface area (Å²) in [6.07, 6.45) is 1.69. The van der Waals surface area contributed by atoms with Crippen molar-refractivity contribution in [1.29, 1.82) is 0 Å². The molecule has 1 aliphatic rings. The van der Waals surface area contributed by atoms with Crippen molar-refractivity contribution in [3.63, 3.8) is 0 Å². The molecule has 1 fully saturated rings. The summed E-state index contributed by atoms with van der Waals surface area (Å²) in [5.41, 5.74) is 3.43. The first-order valence-corrected chi connectivity index (χ1v) is 13.2. The van der Waals surface area contributed by atoms with Crippen LogP contribution in [0.3, 0.4) is 0 Å². The van der Waals surface area contributed by atoms with E-state index in [1.807, 2.05) is 50.0 Å². The molecule has 0 aliphatic carbocycles. The van der Waals surface area contributed by atoms with Crippen LogP contribution in [0, 0.1) is 0 Å². The molecule has 10 heteroatoms. The molecule has 2 heterocycles. The molecule has 9 nitrogen and oxygen atoms in total. The number of carbonyl (C=O) groups is 1. The summed E-state index contributed by atoms with van der Waals surface area (Å²) < 4.78 is 34.6. The molecule has 188 valence electrons. The molecule has 0 saturated carbocycles. The Hall–Kier alpha value is -2.79. The number of carbonyl (C=O) groups excluding carboxylic acids is 1. The molecule has 0 radical (unpaired) electrons. The van der Waals surface area contributed by atoms with Crippen LogP contribution in [0.2, 0.25) is 0 Å². The molecular weight excluding hydrogens is 466 g/mol. The molecule has 1 aliphatic heterocycles. The number of hydrogen-bond donors (Lipinski definition) is 1. The van der Waals surface area contributed by atoms with E-state index in [-0.39, 0.29) is 17.2 Å². The summed E-state index contributed by atoms with van der Waals surface area (Å²) in [6, 6.07) is 12.9. The average Bonchev–Trinajstić information content (AvgIpc) is 3.17. The number of rotatable bonds is 9. The maximum absolute atomic E-state index is 13.0. The van der Waals surface area contributed by atoms with Crippen LogP contribution in [0.5, 0.6) is 0 Å². The highest BCUT2D eigenvalue weighted by Gasteiger charge is 2.27. The number of nitrogens with one attached hydrogen (secondary N) is 1. The van der Waals surface area contributed by atoms with Gasteiger partial charge in [0.15, 0.2) is 0 Å². The number of fused-ring (bicyclic) bond motifs is 1. The number of aryl methyl sites for hydroxylation is 2. The van der Waals surface area contributed by atoms with Crippen molar-refractivity contribution >= 4 is 32.7 Å². The molecule has 1 saturated heterocycles. The third-order valence-electron chi connectivity index (χ3n) is 6.21. The van der Waals surface area contributed by atoms with Crippen molar-refractivity contribution in [2.45, 2.75) is 24.2 Å². The fraction of sp³-hybridized carbons (Fsp3) is 0.440. The minimum absolute atomic E-state index is 0.0892. The molecule has 0 unspecified atom stereocenters. The molecule has 1 amide bonds. The number of likely N-dealkylation sites (N-methyl/N-ethyl adjacent to an activating group) is 1. The quantitative estimate of drug-likeness (QED) is 0.485. The van der Waals surface area contributed by atoms with Crippen molar-refractivity contribution in [2.75, 3.05) is 52.3 Å². The van der Waals surface area contributed by atoms with Gasteiger partial charge in [-0.25, -0.2) is 13.4 Å². The molecular formula is C25H33N5O4S. The molecule has 4 rings (SSSR count). The normalized spacial score (nSPS) is 15.1. The Morgan fingerprint density at radius 1 is 1.09 bits per heavy atom. The van der Waals surface area contributed by atoms with Gasteiger partial charge in [0, 0.05) is 45.2 Å². The van der Waals surface area contributed by atoms with Crippen molar-refractivity contribution in [2.24, 2.45) is 7.05 Å². The minimum atomic E-state index is -3.59. The summed E-state index contributed by atoms with van der Waals surface area (Å²) in [5, 5.41) is 2.94. The lowest BCUT2D eigenvalue weighted by Gasteiger charge is -2.26. The van der Waals surface area contributed by atoms with Gasteiger partial charge in [0.25, 0.3) is 0 Å². The maximum atomic E-state index is 13.0. The van der Waals surface area contributed by atoms with Crippen LogP contribution >= 0.6 is 0 Å². The lowest BCUT2D eigenvalue weighted by Crippen LogP contribution is -2.40. The maximum Gasteiger partial charge on any atom is 0.243 e. The predicted molar refractivity (Wildman–Crippen MR) is 136 cm³/mol. The third kappa shape index (κ3) is 6.07. The van der Waals surface area contributed by atoms with Gasteiger partial charge in [0.05, 0.1) is 29.1 Å². The van der Waals surface area contributed by atoms with E-state index in [0.29, 0.717) is 38.2 Å². The smallest absolute Gasteiger partial charge is 0.243 e. The zero-order chi connectivity index (χ0) is 25.0. The largest absolute Gasteiger partial charge is 0.379 e. The Morgan fingerprint density at radius 2 is 1.80 bits per heavy atom. The second kappa shape index (κ2) is 10.9. The van der Waals surface area contributed by atoms with E-state index in [4.69, 9.17) is 4.74 Å². The van der Waals surface area contributed by atoms with E-state index < -0.39 is 10.0 Å². The Bertz CT molecular complexity index is 1280. The number of morpholine rings is 1. The lowest BCUT2D eigenvalue weighted by molar-refractivity contribution is -0.116. The van der Waals surface area contributed by atoms with Gasteiger partial charge in [-0.15, -0.1) is 0 Å². The number of imidazole rings is 1. The van der Waals surface area contributed by atoms with Gasteiger partial charge < -0.3 is 19.5 Å². The molecule has 2 aromatic carbocycles. The molecule has 1 aromatic heterocycles. The van der Waals surface area contributed by atoms with E-state index in [0.717, 1.165) is 30.0 Å². The number of benzene rings is 2. The molecule has 0 atom stereocenters. The van der Waals surface area contributed by atoms with Crippen LogP contribution in [0.15, 0.2) is 47.4 Å². The molecule has 1 N–H and O–H groups in total. The fourth-order valence-electron chi connectivity index (χ4n) is 4.11. The Labute approximate surface area is 206 Å². The van der Waals surface area contributed by atoms with Gasteiger partial charge in [0.2, 0.25) is 15.9 Å². The molecule has 0 spiro atoms. The molecule has 35 heavy (non-hydrogen) atoms. The van der Waals surface area contributed by atoms with E-state index in [2.05, 4.69) is 15.2 Å². The van der Waals surface area contributed by atoms with Crippen LogP contribution in [0.1, 0.15) is 17.8 Å². The van der Waals surface area contributed by atoms with E-state index in [1.54, 1.807) is 18.2 Å². The van der Waals surface area contributed by atoms with E-state index >= 15 is 0 Å². The van der Waals surface area contributed by atoms with Crippen LogP contribution in [-0.2, 0) is 39.4 Å². The molecule has 0 bridgehead atoms. The Kier molecular flexibility index (Phi) is 7.85. The first-order chi connectivity index (χ1) is 16.7. The summed E-state index contributed by atoms with van der Waals surface area (Å²) in [6.45, 7) is 2.48. The summed E-state index contributed by atoms with van der Waals surface area (Å²) in [7, 11) is 2.38. The summed E-state index contributed by atoms with van der Waals surface area (Å²) in [4.78, 5) is 19.5. The standard InChI is InChI=1S/C25H33N5O4S/c1-28(2)13-12-19-4-6-20(7-5-19)26-25(31)11-10-24-27-22-18-21(8-9-23(22)29(24)3)35(32,33)30-14-16-34-17-15-30/h4-9,18H,10-17H2,1-3H3,(H,26,31). The Morgan fingerprint density at radius 3 is 2.49 bits per heavy atom. The first kappa shape index (κ1) is 25.3. The minimum Gasteiger partial charge on any atom is -0.379 e. The van der Waals surface area contributed by atoms with Gasteiger partial charge in [-0.05, 0) is 56.4 Å². The lowest BCUT2D eigenvalue weighted by atomic mass is 10.1. The number of ether oxygens (including phenoxy) is 1. The first-order valence-electron chi connectivity index (χ1n) is 11.8. The van der Waals surface area contributed by atoms with Crippen LogP contribution < -0.4 is 5.32 Å². The monoisotopic (exact) mass is 499 g/mol. The van der Waals surface area contributed by atoms with Gasteiger partial charge >= 0.3 is 0 Å². The van der Waals surface area contributed by atoms with Crippen molar-refractivity contribution < 1.29 is 17.9 Å². The van der Waals surface area contributed by atoms with Gasteiger partial charge in [-0.2, -0.15) is 4.31 Å². The van der Waals surface area contributed by atoms with Crippen LogP contribution in [0.25, 0.3) is 11.0 Å². The van der Waals surface area contributed by atoms with Crippen molar-refractivity contribution in [3.05, 3.63) is 53.9 Å². The fourth-order valence-corrected chi connectivity index (χ4v) is 5.53. The second-order valence-electron chi connectivity index (χ2n) is 9.05. The number of anilines is 1. The average molecular weight is 500 g/mol. The highest BCUT2D eigenvalue weighted by molar-refractivity contribution is 7.89. The topological polar surface area (TPSA) is 96.8 Å². The van der Waals surface area contributed by atoms with Gasteiger partial charge in [-0.3, -0.25) is 4.79 Å². The number of amides is 1. The summed E-state index contributed by atoms with van der Waals surface area (Å²) >= 11 is 0. The Balaban J connectivity index is 1.39. The van der Waals surface area contributed by atoms with E-state index in [9.17, 15) is 13.2 Å².